The smallest absolute Gasteiger partial charge is 0.227 e. The fraction of sp³-hybridized carbons (Fsp3) is 0.500. The van der Waals surface area contributed by atoms with Gasteiger partial charge in [-0.05, 0) is 31.5 Å². The Hall–Kier alpha value is -1.75. The lowest BCUT2D eigenvalue weighted by atomic mass is 9.92. The monoisotopic (exact) mass is 324 g/mol. The van der Waals surface area contributed by atoms with Gasteiger partial charge in [0.25, 0.3) is 0 Å². The predicted octanol–water partition coefficient (Wildman–Crippen LogP) is 2.12. The Morgan fingerprint density at radius 1 is 1.41 bits per heavy atom. The fourth-order valence-corrected chi connectivity index (χ4v) is 2.30. The molecule has 22 heavy (non-hydrogen) atoms. The molecule has 0 saturated heterocycles. The van der Waals surface area contributed by atoms with Crippen molar-refractivity contribution >= 4 is 23.5 Å². The van der Waals surface area contributed by atoms with E-state index in [-0.39, 0.29) is 5.91 Å². The van der Waals surface area contributed by atoms with E-state index in [2.05, 4.69) is 15.6 Å². The van der Waals surface area contributed by atoms with Crippen molar-refractivity contribution in [3.8, 4) is 0 Å². The lowest BCUT2D eigenvalue weighted by Crippen LogP contribution is -2.47. The molecule has 0 aromatic heterocycles. The topological polar surface area (TPSA) is 56.7 Å². The molecule has 0 bridgehead atoms. The van der Waals surface area contributed by atoms with Crippen LogP contribution in [0.2, 0.25) is 5.02 Å². The standard InChI is InChI=1S/C16H25ClN4O/c1-16(2,14(22)18-3)11-20-15(19-4)21(5)10-12-7-6-8-13(17)9-12/h6-9H,10-11H2,1-5H3,(H,18,22)(H,19,20). The zero-order chi connectivity index (χ0) is 16.8. The van der Waals surface area contributed by atoms with Crippen LogP contribution in [-0.4, -0.2) is 44.5 Å². The number of carbonyl (C=O) groups excluding carboxylic acids is 1. The van der Waals surface area contributed by atoms with E-state index in [1.54, 1.807) is 14.1 Å². The zero-order valence-electron chi connectivity index (χ0n) is 13.9. The minimum atomic E-state index is -0.512. The van der Waals surface area contributed by atoms with Crippen LogP contribution < -0.4 is 10.6 Å². The molecule has 2 N–H and O–H groups in total. The number of amides is 1. The summed E-state index contributed by atoms with van der Waals surface area (Å²) in [4.78, 5) is 18.1. The van der Waals surface area contributed by atoms with Crippen LogP contribution in [0.4, 0.5) is 0 Å². The van der Waals surface area contributed by atoms with E-state index in [1.807, 2.05) is 50.1 Å². The SMILES string of the molecule is CN=C(NCC(C)(C)C(=O)NC)N(C)Cc1cccc(Cl)c1. The first-order valence-electron chi connectivity index (χ1n) is 7.18. The summed E-state index contributed by atoms with van der Waals surface area (Å²) in [6.45, 7) is 4.96. The molecule has 0 aliphatic carbocycles. The largest absolute Gasteiger partial charge is 0.359 e. The van der Waals surface area contributed by atoms with Crippen LogP contribution in [0.15, 0.2) is 29.3 Å². The summed E-state index contributed by atoms with van der Waals surface area (Å²) < 4.78 is 0. The molecule has 0 radical (unpaired) electrons. The summed E-state index contributed by atoms with van der Waals surface area (Å²) in [5, 5.41) is 6.63. The van der Waals surface area contributed by atoms with Gasteiger partial charge in [0, 0.05) is 39.3 Å². The van der Waals surface area contributed by atoms with Gasteiger partial charge in [0.05, 0.1) is 5.41 Å². The first-order valence-corrected chi connectivity index (χ1v) is 7.56. The van der Waals surface area contributed by atoms with Gasteiger partial charge in [-0.25, -0.2) is 0 Å². The van der Waals surface area contributed by atoms with E-state index in [1.165, 1.54) is 0 Å². The molecule has 1 rings (SSSR count). The van der Waals surface area contributed by atoms with Crippen LogP contribution in [0.3, 0.4) is 0 Å². The lowest BCUT2D eigenvalue weighted by molar-refractivity contribution is -0.128. The second-order valence-corrected chi connectivity index (χ2v) is 6.29. The van der Waals surface area contributed by atoms with E-state index in [0.717, 1.165) is 16.5 Å². The van der Waals surface area contributed by atoms with E-state index >= 15 is 0 Å². The highest BCUT2D eigenvalue weighted by Crippen LogP contribution is 2.14. The Bertz CT molecular complexity index is 543. The van der Waals surface area contributed by atoms with E-state index in [0.29, 0.717) is 13.1 Å². The number of rotatable bonds is 5. The number of hydrogen-bond acceptors (Lipinski definition) is 2. The Morgan fingerprint density at radius 3 is 2.64 bits per heavy atom. The van der Waals surface area contributed by atoms with Gasteiger partial charge in [-0.2, -0.15) is 0 Å². The van der Waals surface area contributed by atoms with Crippen molar-refractivity contribution < 1.29 is 4.79 Å². The average molecular weight is 325 g/mol. The first-order chi connectivity index (χ1) is 10.3. The molecule has 5 nitrogen and oxygen atoms in total. The number of halogens is 1. The molecule has 0 spiro atoms. The highest BCUT2D eigenvalue weighted by Gasteiger charge is 2.27. The second-order valence-electron chi connectivity index (χ2n) is 5.85. The summed E-state index contributed by atoms with van der Waals surface area (Å²) >= 11 is 6.00. The molecule has 0 saturated carbocycles. The molecular weight excluding hydrogens is 300 g/mol. The zero-order valence-corrected chi connectivity index (χ0v) is 14.7. The van der Waals surface area contributed by atoms with Crippen LogP contribution in [0.25, 0.3) is 0 Å². The fourth-order valence-electron chi connectivity index (χ4n) is 2.09. The molecule has 0 heterocycles. The maximum Gasteiger partial charge on any atom is 0.227 e. The quantitative estimate of drug-likeness (QED) is 0.644. The summed E-state index contributed by atoms with van der Waals surface area (Å²) in [7, 11) is 5.32. The first kappa shape index (κ1) is 18.3. The third-order valence-corrected chi connectivity index (χ3v) is 3.65. The second kappa shape index (κ2) is 8.03. The van der Waals surface area contributed by atoms with Crippen LogP contribution in [0.5, 0.6) is 0 Å². The molecule has 1 aromatic rings. The van der Waals surface area contributed by atoms with Crippen LogP contribution >= 0.6 is 11.6 Å². The highest BCUT2D eigenvalue weighted by atomic mass is 35.5. The van der Waals surface area contributed by atoms with Crippen LogP contribution in [0, 0.1) is 5.41 Å². The van der Waals surface area contributed by atoms with Gasteiger partial charge >= 0.3 is 0 Å². The molecule has 122 valence electrons. The van der Waals surface area contributed by atoms with Gasteiger partial charge in [-0.3, -0.25) is 9.79 Å². The number of nitrogens with zero attached hydrogens (tertiary/aromatic N) is 2. The number of carbonyl (C=O) groups is 1. The number of hydrogen-bond donors (Lipinski definition) is 2. The van der Waals surface area contributed by atoms with E-state index in [9.17, 15) is 4.79 Å². The summed E-state index contributed by atoms with van der Waals surface area (Å²) in [6, 6.07) is 7.73. The van der Waals surface area contributed by atoms with Gasteiger partial charge in [0.2, 0.25) is 5.91 Å². The number of benzene rings is 1. The third-order valence-electron chi connectivity index (χ3n) is 3.41. The van der Waals surface area contributed by atoms with E-state index in [4.69, 9.17) is 11.6 Å². The molecule has 6 heteroatoms. The van der Waals surface area contributed by atoms with Crippen molar-refractivity contribution in [3.63, 3.8) is 0 Å². The molecule has 0 atom stereocenters. The minimum Gasteiger partial charge on any atom is -0.359 e. The van der Waals surface area contributed by atoms with Crippen molar-refractivity contribution in [2.24, 2.45) is 10.4 Å². The van der Waals surface area contributed by atoms with Crippen molar-refractivity contribution in [2.75, 3.05) is 27.7 Å². The lowest BCUT2D eigenvalue weighted by Gasteiger charge is -2.27. The summed E-state index contributed by atoms with van der Waals surface area (Å²) in [5.74, 6) is 0.727. The third kappa shape index (κ3) is 5.22. The van der Waals surface area contributed by atoms with Crippen molar-refractivity contribution in [2.45, 2.75) is 20.4 Å². The molecule has 0 unspecified atom stereocenters. The van der Waals surface area contributed by atoms with Crippen molar-refractivity contribution in [1.29, 1.82) is 0 Å². The van der Waals surface area contributed by atoms with Crippen LogP contribution in [0.1, 0.15) is 19.4 Å². The number of nitrogens with one attached hydrogen (secondary N) is 2. The van der Waals surface area contributed by atoms with E-state index < -0.39 is 5.41 Å². The normalized spacial score (nSPS) is 12.0. The molecule has 1 aromatic carbocycles. The maximum absolute atomic E-state index is 11.8. The Labute approximate surface area is 137 Å². The predicted molar refractivity (Wildman–Crippen MR) is 92.1 cm³/mol. The van der Waals surface area contributed by atoms with Gasteiger partial charge in [0.15, 0.2) is 5.96 Å². The minimum absolute atomic E-state index is 0.00653. The van der Waals surface area contributed by atoms with Crippen molar-refractivity contribution in [1.82, 2.24) is 15.5 Å². The highest BCUT2D eigenvalue weighted by molar-refractivity contribution is 6.30. The van der Waals surface area contributed by atoms with Crippen molar-refractivity contribution in [3.05, 3.63) is 34.9 Å². The number of aliphatic imine (C=N–C) groups is 1. The maximum atomic E-state index is 11.8. The Balaban J connectivity index is 2.66. The van der Waals surface area contributed by atoms with Gasteiger partial charge < -0.3 is 15.5 Å². The number of guanidine groups is 1. The van der Waals surface area contributed by atoms with Gasteiger partial charge in [-0.15, -0.1) is 0 Å². The molecule has 1 amide bonds. The Morgan fingerprint density at radius 2 is 2.09 bits per heavy atom. The van der Waals surface area contributed by atoms with Gasteiger partial charge in [-0.1, -0.05) is 23.7 Å². The van der Waals surface area contributed by atoms with Crippen LogP contribution in [-0.2, 0) is 11.3 Å². The summed E-state index contributed by atoms with van der Waals surface area (Å²) in [5.41, 5.74) is 0.588. The molecular formula is C16H25ClN4O. The molecule has 0 aliphatic heterocycles. The average Bonchev–Trinajstić information content (AvgIpc) is 2.46. The molecule has 0 aliphatic rings. The molecule has 0 fully saturated rings. The summed E-state index contributed by atoms with van der Waals surface area (Å²) in [6.07, 6.45) is 0. The van der Waals surface area contributed by atoms with Gasteiger partial charge in [0.1, 0.15) is 0 Å². The Kier molecular flexibility index (Phi) is 6.68.